The van der Waals surface area contributed by atoms with Gasteiger partial charge in [-0.3, -0.25) is 14.3 Å². The van der Waals surface area contributed by atoms with Gasteiger partial charge in [0.2, 0.25) is 0 Å². The van der Waals surface area contributed by atoms with Crippen molar-refractivity contribution in [3.8, 4) is 0 Å². The highest BCUT2D eigenvalue weighted by Gasteiger charge is 2.32. The van der Waals surface area contributed by atoms with Crippen LogP contribution < -0.4 is 11.2 Å². The van der Waals surface area contributed by atoms with Crippen molar-refractivity contribution in [2.75, 3.05) is 0 Å². The average molecular weight is 390 g/mol. The molecule has 2 aromatic carbocycles. The average Bonchev–Trinajstić information content (AvgIpc) is 3.12. The highest BCUT2D eigenvalue weighted by Crippen LogP contribution is 2.39. The van der Waals surface area contributed by atoms with Gasteiger partial charge in [0.15, 0.2) is 0 Å². The summed E-state index contributed by atoms with van der Waals surface area (Å²) in [5.41, 5.74) is 3.51. The van der Waals surface area contributed by atoms with Crippen molar-refractivity contribution >= 4 is 0 Å². The maximum Gasteiger partial charge on any atom is 0.330 e. The third kappa shape index (κ3) is 3.58. The number of hydrogen-bond acceptors (Lipinski definition) is 3. The molecule has 1 aliphatic carbocycles. The Kier molecular flexibility index (Phi) is 5.24. The van der Waals surface area contributed by atoms with E-state index in [0.29, 0.717) is 17.7 Å². The molecule has 0 fully saturated rings. The van der Waals surface area contributed by atoms with Gasteiger partial charge < -0.3 is 5.11 Å². The van der Waals surface area contributed by atoms with Gasteiger partial charge in [0, 0.05) is 23.6 Å². The maximum absolute atomic E-state index is 12.9. The Balaban J connectivity index is 1.87. The molecule has 2 unspecified atom stereocenters. The van der Waals surface area contributed by atoms with Crippen LogP contribution in [0.5, 0.6) is 0 Å². The van der Waals surface area contributed by atoms with E-state index in [9.17, 15) is 14.7 Å². The molecule has 0 aliphatic heterocycles. The fourth-order valence-corrected chi connectivity index (χ4v) is 4.53. The van der Waals surface area contributed by atoms with Crippen molar-refractivity contribution in [1.82, 2.24) is 9.55 Å². The lowest BCUT2D eigenvalue weighted by molar-refractivity contribution is 0.0658. The number of aromatic amines is 1. The summed E-state index contributed by atoms with van der Waals surface area (Å²) in [7, 11) is 0. The second kappa shape index (κ2) is 7.84. The molecule has 150 valence electrons. The van der Waals surface area contributed by atoms with Crippen LogP contribution >= 0.6 is 0 Å². The zero-order chi connectivity index (χ0) is 20.5. The molecule has 5 heteroatoms. The number of benzene rings is 2. The van der Waals surface area contributed by atoms with E-state index in [1.807, 2.05) is 62.4 Å². The molecule has 2 N–H and O–H groups in total. The normalized spacial score (nSPS) is 16.8. The van der Waals surface area contributed by atoms with Crippen molar-refractivity contribution in [1.29, 1.82) is 0 Å². The van der Waals surface area contributed by atoms with Gasteiger partial charge in [-0.1, -0.05) is 68.4 Å². The van der Waals surface area contributed by atoms with Gasteiger partial charge in [-0.25, -0.2) is 4.79 Å². The molecule has 0 radical (unpaired) electrons. The monoisotopic (exact) mass is 390 g/mol. The molecule has 29 heavy (non-hydrogen) atoms. The van der Waals surface area contributed by atoms with E-state index in [2.05, 4.69) is 11.1 Å². The topological polar surface area (TPSA) is 75.1 Å². The summed E-state index contributed by atoms with van der Waals surface area (Å²) in [6, 6.07) is 17.8. The third-order valence-corrected chi connectivity index (χ3v) is 5.88. The van der Waals surface area contributed by atoms with Crippen molar-refractivity contribution in [3.05, 3.63) is 103 Å². The molecular formula is C24H26N2O3. The molecule has 3 aromatic rings. The highest BCUT2D eigenvalue weighted by atomic mass is 16.3. The molecule has 1 aromatic heterocycles. The van der Waals surface area contributed by atoms with Crippen molar-refractivity contribution < 1.29 is 5.11 Å². The Morgan fingerprint density at radius 1 is 1.07 bits per heavy atom. The fourth-order valence-electron chi connectivity index (χ4n) is 4.53. The SMILES string of the molecule is CC(C)c1c(Cc2ccccc2)n(C(O)C2CCc3ccccc32)c(=O)[nH]c1=O. The van der Waals surface area contributed by atoms with Gasteiger partial charge >= 0.3 is 5.69 Å². The molecule has 4 rings (SSSR count). The number of nitrogens with zero attached hydrogens (tertiary/aromatic N) is 1. The third-order valence-electron chi connectivity index (χ3n) is 5.88. The first-order chi connectivity index (χ1) is 14.0. The zero-order valence-corrected chi connectivity index (χ0v) is 16.8. The molecule has 1 aliphatic rings. The Morgan fingerprint density at radius 3 is 2.48 bits per heavy atom. The minimum atomic E-state index is -1.03. The first-order valence-electron chi connectivity index (χ1n) is 10.1. The number of nitrogens with one attached hydrogen (secondary N) is 1. The predicted molar refractivity (Wildman–Crippen MR) is 113 cm³/mol. The van der Waals surface area contributed by atoms with Crippen LogP contribution in [0.2, 0.25) is 0 Å². The second-order valence-corrected chi connectivity index (χ2v) is 8.06. The summed E-state index contributed by atoms with van der Waals surface area (Å²) in [6.07, 6.45) is 1.03. The number of aryl methyl sites for hydroxylation is 1. The van der Waals surface area contributed by atoms with Crippen LogP contribution in [-0.2, 0) is 12.8 Å². The van der Waals surface area contributed by atoms with E-state index in [1.54, 1.807) is 0 Å². The van der Waals surface area contributed by atoms with Crippen LogP contribution in [0.25, 0.3) is 0 Å². The number of fused-ring (bicyclic) bond motifs is 1. The highest BCUT2D eigenvalue weighted by molar-refractivity contribution is 5.36. The summed E-state index contributed by atoms with van der Waals surface area (Å²) >= 11 is 0. The van der Waals surface area contributed by atoms with Gasteiger partial charge in [0.05, 0.1) is 0 Å². The Labute approximate surface area is 169 Å². The Morgan fingerprint density at radius 2 is 1.76 bits per heavy atom. The van der Waals surface area contributed by atoms with Gasteiger partial charge in [0.1, 0.15) is 6.23 Å². The standard InChI is InChI=1S/C24H26N2O3/c1-15(2)21-20(14-16-8-4-3-5-9-16)26(24(29)25-22(21)27)23(28)19-13-12-17-10-6-7-11-18(17)19/h3-11,15,19,23,28H,12-14H2,1-2H3,(H,25,27,29). The quantitative estimate of drug-likeness (QED) is 0.700. The van der Waals surface area contributed by atoms with Crippen molar-refractivity contribution in [2.24, 2.45) is 0 Å². The number of H-pyrrole nitrogens is 1. The van der Waals surface area contributed by atoms with Gasteiger partial charge in [-0.15, -0.1) is 0 Å². The molecule has 0 bridgehead atoms. The van der Waals surface area contributed by atoms with Crippen LogP contribution in [0, 0.1) is 0 Å². The predicted octanol–water partition coefficient (Wildman–Crippen LogP) is 3.47. The number of hydrogen-bond donors (Lipinski definition) is 2. The largest absolute Gasteiger partial charge is 0.372 e. The summed E-state index contributed by atoms with van der Waals surface area (Å²) in [6.45, 7) is 3.87. The molecule has 0 spiro atoms. The van der Waals surface area contributed by atoms with Crippen LogP contribution in [0.4, 0.5) is 0 Å². The van der Waals surface area contributed by atoms with Crippen LogP contribution in [0.3, 0.4) is 0 Å². The van der Waals surface area contributed by atoms with Crippen LogP contribution in [0.1, 0.15) is 66.3 Å². The molecule has 0 saturated carbocycles. The molecule has 0 saturated heterocycles. The molecular weight excluding hydrogens is 364 g/mol. The molecule has 0 amide bonds. The van der Waals surface area contributed by atoms with E-state index in [0.717, 1.165) is 24.0 Å². The van der Waals surface area contributed by atoms with E-state index in [-0.39, 0.29) is 17.4 Å². The number of rotatable bonds is 5. The number of aromatic nitrogens is 2. The number of aliphatic hydroxyl groups excluding tert-OH is 1. The van der Waals surface area contributed by atoms with E-state index < -0.39 is 11.9 Å². The summed E-state index contributed by atoms with van der Waals surface area (Å²) < 4.78 is 1.41. The van der Waals surface area contributed by atoms with Gasteiger partial charge in [0.25, 0.3) is 5.56 Å². The minimum Gasteiger partial charge on any atom is -0.372 e. The lowest BCUT2D eigenvalue weighted by Crippen LogP contribution is -2.39. The van der Waals surface area contributed by atoms with Crippen molar-refractivity contribution in [2.45, 2.75) is 51.2 Å². The number of aliphatic hydroxyl groups is 1. The van der Waals surface area contributed by atoms with E-state index in [1.165, 1.54) is 10.1 Å². The Bertz CT molecular complexity index is 1130. The second-order valence-electron chi connectivity index (χ2n) is 8.06. The smallest absolute Gasteiger partial charge is 0.330 e. The molecule has 2 atom stereocenters. The lowest BCUT2D eigenvalue weighted by Gasteiger charge is -2.26. The fraction of sp³-hybridized carbons (Fsp3) is 0.333. The lowest BCUT2D eigenvalue weighted by atomic mass is 9.95. The molecule has 5 nitrogen and oxygen atoms in total. The maximum atomic E-state index is 12.9. The first kappa shape index (κ1) is 19.4. The first-order valence-corrected chi connectivity index (χ1v) is 10.1. The van der Waals surface area contributed by atoms with Gasteiger partial charge in [-0.2, -0.15) is 0 Å². The van der Waals surface area contributed by atoms with Gasteiger partial charge in [-0.05, 0) is 35.4 Å². The summed E-state index contributed by atoms with van der Waals surface area (Å²) in [5, 5.41) is 11.3. The van der Waals surface area contributed by atoms with E-state index >= 15 is 0 Å². The minimum absolute atomic E-state index is 0.0765. The zero-order valence-electron chi connectivity index (χ0n) is 16.8. The Hall–Kier alpha value is -2.92. The van der Waals surface area contributed by atoms with E-state index in [4.69, 9.17) is 0 Å². The summed E-state index contributed by atoms with van der Waals surface area (Å²) in [4.78, 5) is 28.0. The van der Waals surface area contributed by atoms with Crippen LogP contribution in [-0.4, -0.2) is 14.7 Å². The molecule has 1 heterocycles. The van der Waals surface area contributed by atoms with Crippen molar-refractivity contribution in [3.63, 3.8) is 0 Å². The summed E-state index contributed by atoms with van der Waals surface area (Å²) in [5.74, 6) is -0.253. The van der Waals surface area contributed by atoms with Crippen LogP contribution in [0.15, 0.2) is 64.2 Å².